The Bertz CT molecular complexity index is 194. The van der Waals surface area contributed by atoms with Crippen molar-refractivity contribution in [2.24, 2.45) is 23.7 Å². The van der Waals surface area contributed by atoms with Crippen molar-refractivity contribution in [2.75, 3.05) is 7.11 Å². The van der Waals surface area contributed by atoms with Gasteiger partial charge in [-0.2, -0.15) is 0 Å². The number of ether oxygens (including phenoxy) is 1. The lowest BCUT2D eigenvalue weighted by molar-refractivity contribution is -0.155. The summed E-state index contributed by atoms with van der Waals surface area (Å²) in [5.41, 5.74) is 0. The number of rotatable bonds is 1. The van der Waals surface area contributed by atoms with E-state index in [0.717, 1.165) is 18.3 Å². The second-order valence-electron chi connectivity index (χ2n) is 4.33. The molecule has 3 saturated carbocycles. The first kappa shape index (κ1) is 8.09. The molecule has 2 atom stereocenters. The van der Waals surface area contributed by atoms with Gasteiger partial charge in [0.05, 0.1) is 13.0 Å². The molecule has 2 nitrogen and oxygen atoms in total. The second-order valence-corrected chi connectivity index (χ2v) is 4.33. The van der Waals surface area contributed by atoms with Gasteiger partial charge in [-0.15, -0.1) is 0 Å². The summed E-state index contributed by atoms with van der Waals surface area (Å²) < 4.78 is 4.79. The molecule has 0 N–H and O–H groups in total. The van der Waals surface area contributed by atoms with E-state index in [-0.39, 0.29) is 11.9 Å². The van der Waals surface area contributed by atoms with Crippen molar-refractivity contribution < 1.29 is 9.53 Å². The van der Waals surface area contributed by atoms with E-state index in [1.807, 2.05) is 0 Å². The number of carbonyl (C=O) groups is 1. The Kier molecular flexibility index (Phi) is 1.85. The summed E-state index contributed by atoms with van der Waals surface area (Å²) in [7, 11) is 1.50. The molecule has 3 rings (SSSR count). The van der Waals surface area contributed by atoms with E-state index in [9.17, 15) is 4.79 Å². The van der Waals surface area contributed by atoms with Crippen LogP contribution in [0.3, 0.4) is 0 Å². The molecule has 3 aliphatic carbocycles. The molecule has 0 heterocycles. The van der Waals surface area contributed by atoms with E-state index in [4.69, 9.17) is 4.74 Å². The Labute approximate surface area is 73.3 Å². The van der Waals surface area contributed by atoms with Gasteiger partial charge in [0.2, 0.25) is 0 Å². The average molecular weight is 168 g/mol. The summed E-state index contributed by atoms with van der Waals surface area (Å²) in [4.78, 5) is 11.3. The Hall–Kier alpha value is -0.530. The predicted molar refractivity (Wildman–Crippen MR) is 45.5 cm³/mol. The van der Waals surface area contributed by atoms with Crippen LogP contribution in [0.1, 0.15) is 26.2 Å². The molecule has 0 saturated heterocycles. The Balaban J connectivity index is 2.02. The highest BCUT2D eigenvalue weighted by molar-refractivity contribution is 5.73. The Morgan fingerprint density at radius 1 is 1.25 bits per heavy atom. The third-order valence-corrected chi connectivity index (χ3v) is 3.71. The Morgan fingerprint density at radius 2 is 1.92 bits per heavy atom. The number of hydrogen-bond donors (Lipinski definition) is 0. The van der Waals surface area contributed by atoms with Gasteiger partial charge in [-0.3, -0.25) is 4.79 Å². The lowest BCUT2D eigenvalue weighted by Crippen LogP contribution is -2.44. The zero-order chi connectivity index (χ0) is 8.72. The summed E-state index contributed by atoms with van der Waals surface area (Å²) in [5.74, 6) is 2.54. The summed E-state index contributed by atoms with van der Waals surface area (Å²) >= 11 is 0. The zero-order valence-corrected chi connectivity index (χ0v) is 7.75. The van der Waals surface area contributed by atoms with Crippen molar-refractivity contribution >= 4 is 5.97 Å². The molecular weight excluding hydrogens is 152 g/mol. The van der Waals surface area contributed by atoms with Crippen LogP contribution in [0.4, 0.5) is 0 Å². The minimum Gasteiger partial charge on any atom is -0.469 e. The highest BCUT2D eigenvalue weighted by atomic mass is 16.5. The van der Waals surface area contributed by atoms with Crippen molar-refractivity contribution in [1.82, 2.24) is 0 Å². The quantitative estimate of drug-likeness (QED) is 0.558. The predicted octanol–water partition coefficient (Wildman–Crippen LogP) is 1.84. The first-order valence-corrected chi connectivity index (χ1v) is 4.80. The van der Waals surface area contributed by atoms with E-state index < -0.39 is 0 Å². The van der Waals surface area contributed by atoms with E-state index in [2.05, 4.69) is 6.92 Å². The third kappa shape index (κ3) is 1.05. The van der Waals surface area contributed by atoms with E-state index in [1.165, 1.54) is 20.0 Å². The first-order valence-electron chi connectivity index (χ1n) is 4.80. The maximum absolute atomic E-state index is 11.3. The molecule has 68 valence electrons. The number of fused-ring (bicyclic) bond motifs is 2. The van der Waals surface area contributed by atoms with Crippen LogP contribution in [0.5, 0.6) is 0 Å². The minimum atomic E-state index is 0.0185. The van der Waals surface area contributed by atoms with Gasteiger partial charge < -0.3 is 4.74 Å². The van der Waals surface area contributed by atoms with Crippen LogP contribution < -0.4 is 0 Å². The van der Waals surface area contributed by atoms with E-state index in [0.29, 0.717) is 5.92 Å². The average Bonchev–Trinajstić information content (AvgIpc) is 2.00. The fourth-order valence-corrected chi connectivity index (χ4v) is 2.73. The second kappa shape index (κ2) is 2.75. The fraction of sp³-hybridized carbons (Fsp3) is 0.900. The number of hydrogen-bond acceptors (Lipinski definition) is 2. The topological polar surface area (TPSA) is 26.3 Å². The molecule has 3 fully saturated rings. The van der Waals surface area contributed by atoms with Gasteiger partial charge in [-0.05, 0) is 37.0 Å². The first-order chi connectivity index (χ1) is 5.72. The molecule has 2 unspecified atom stereocenters. The number of carbonyl (C=O) groups excluding carboxylic acids is 1. The summed E-state index contributed by atoms with van der Waals surface area (Å²) in [6.07, 6.45) is 3.59. The smallest absolute Gasteiger partial charge is 0.308 e. The van der Waals surface area contributed by atoms with Crippen molar-refractivity contribution in [3.8, 4) is 0 Å². The van der Waals surface area contributed by atoms with Gasteiger partial charge in [0.1, 0.15) is 0 Å². The van der Waals surface area contributed by atoms with Crippen LogP contribution in [0.2, 0.25) is 0 Å². The van der Waals surface area contributed by atoms with E-state index >= 15 is 0 Å². The number of methoxy groups -OCH3 is 1. The van der Waals surface area contributed by atoms with E-state index in [1.54, 1.807) is 0 Å². The molecule has 12 heavy (non-hydrogen) atoms. The fourth-order valence-electron chi connectivity index (χ4n) is 2.73. The van der Waals surface area contributed by atoms with Crippen LogP contribution in [-0.4, -0.2) is 13.1 Å². The SMILES string of the molecule is COC(=O)C1CC(C)C2CC1C2. The van der Waals surface area contributed by atoms with Gasteiger partial charge >= 0.3 is 5.97 Å². The minimum absolute atomic E-state index is 0.0185. The highest BCUT2D eigenvalue weighted by Crippen LogP contribution is 2.52. The van der Waals surface area contributed by atoms with Crippen molar-refractivity contribution in [2.45, 2.75) is 26.2 Å². The van der Waals surface area contributed by atoms with Crippen molar-refractivity contribution in [3.05, 3.63) is 0 Å². The molecule has 2 heteroatoms. The normalized spacial score (nSPS) is 44.8. The lowest BCUT2D eigenvalue weighted by atomic mass is 9.56. The zero-order valence-electron chi connectivity index (χ0n) is 7.75. The molecule has 0 aliphatic heterocycles. The summed E-state index contributed by atoms with van der Waals surface area (Å²) in [6.45, 7) is 2.26. The van der Waals surface area contributed by atoms with Crippen LogP contribution in [-0.2, 0) is 9.53 Å². The molecule has 2 bridgehead atoms. The molecule has 0 aromatic carbocycles. The molecular formula is C10H16O2. The van der Waals surface area contributed by atoms with Crippen LogP contribution >= 0.6 is 0 Å². The summed E-state index contributed by atoms with van der Waals surface area (Å²) in [5, 5.41) is 0. The van der Waals surface area contributed by atoms with Gasteiger partial charge in [0, 0.05) is 0 Å². The van der Waals surface area contributed by atoms with Crippen LogP contribution in [0.15, 0.2) is 0 Å². The van der Waals surface area contributed by atoms with Gasteiger partial charge in [-0.1, -0.05) is 6.92 Å². The molecule has 0 radical (unpaired) electrons. The van der Waals surface area contributed by atoms with Gasteiger partial charge in [0.15, 0.2) is 0 Å². The maximum Gasteiger partial charge on any atom is 0.308 e. The van der Waals surface area contributed by atoms with Crippen molar-refractivity contribution in [1.29, 1.82) is 0 Å². The molecule has 0 amide bonds. The van der Waals surface area contributed by atoms with Crippen LogP contribution in [0, 0.1) is 23.7 Å². The standard InChI is InChI=1S/C10H16O2/c1-6-3-9(10(11)12-2)8-4-7(6)5-8/h6-9H,3-5H2,1-2H3. The van der Waals surface area contributed by atoms with Crippen molar-refractivity contribution in [3.63, 3.8) is 0 Å². The largest absolute Gasteiger partial charge is 0.469 e. The third-order valence-electron chi connectivity index (χ3n) is 3.71. The molecule has 0 spiro atoms. The molecule has 0 aromatic rings. The maximum atomic E-state index is 11.3. The Morgan fingerprint density at radius 3 is 2.42 bits per heavy atom. The molecule has 3 aliphatic rings. The highest BCUT2D eigenvalue weighted by Gasteiger charge is 2.47. The van der Waals surface area contributed by atoms with Gasteiger partial charge in [0.25, 0.3) is 0 Å². The lowest BCUT2D eigenvalue weighted by Gasteiger charge is -2.49. The monoisotopic (exact) mass is 168 g/mol. The van der Waals surface area contributed by atoms with Crippen LogP contribution in [0.25, 0.3) is 0 Å². The number of esters is 1. The molecule has 0 aromatic heterocycles. The van der Waals surface area contributed by atoms with Gasteiger partial charge in [-0.25, -0.2) is 0 Å². The summed E-state index contributed by atoms with van der Waals surface area (Å²) in [6, 6.07) is 0.